The molecule has 5 nitrogen and oxygen atoms in total. The van der Waals surface area contributed by atoms with Gasteiger partial charge in [0.25, 0.3) is 0 Å². The van der Waals surface area contributed by atoms with E-state index in [-0.39, 0.29) is 5.78 Å². The highest BCUT2D eigenvalue weighted by Crippen LogP contribution is 2.35. The van der Waals surface area contributed by atoms with Crippen molar-refractivity contribution in [2.75, 3.05) is 20.0 Å². The van der Waals surface area contributed by atoms with Crippen LogP contribution in [0.3, 0.4) is 0 Å². The fraction of sp³-hybridized carbons (Fsp3) is 0.176. The normalized spacial score (nSPS) is 10.7. The lowest BCUT2D eigenvalue weighted by Gasteiger charge is -2.08. The number of anilines is 1. The van der Waals surface area contributed by atoms with Crippen LogP contribution in [0.1, 0.15) is 20.9 Å². The number of methoxy groups -OCH3 is 2. The van der Waals surface area contributed by atoms with E-state index in [1.165, 1.54) is 18.4 Å². The van der Waals surface area contributed by atoms with Gasteiger partial charge in [0, 0.05) is 16.6 Å². The summed E-state index contributed by atoms with van der Waals surface area (Å²) in [5, 5.41) is 0.810. The van der Waals surface area contributed by atoms with E-state index < -0.39 is 0 Å². The Kier molecular flexibility index (Phi) is 3.92. The number of aromatic nitrogens is 1. The minimum absolute atomic E-state index is 0.149. The van der Waals surface area contributed by atoms with Gasteiger partial charge in [0.1, 0.15) is 9.71 Å². The summed E-state index contributed by atoms with van der Waals surface area (Å²) in [4.78, 5) is 18.5. The zero-order valence-corrected chi connectivity index (χ0v) is 13.9. The Hall–Kier alpha value is -2.60. The zero-order valence-electron chi connectivity index (χ0n) is 13.0. The van der Waals surface area contributed by atoms with Crippen LogP contribution in [0.15, 0.2) is 30.3 Å². The Morgan fingerprint density at radius 2 is 1.87 bits per heavy atom. The summed E-state index contributed by atoms with van der Waals surface area (Å²) in [6.45, 7) is 1.91. The Balaban J connectivity index is 2.08. The molecule has 0 radical (unpaired) electrons. The molecule has 0 aliphatic rings. The number of fused-ring (bicyclic) bond motifs is 1. The third-order valence-electron chi connectivity index (χ3n) is 3.58. The summed E-state index contributed by atoms with van der Waals surface area (Å²) >= 11 is 1.31. The van der Waals surface area contributed by atoms with Crippen molar-refractivity contribution in [1.29, 1.82) is 0 Å². The van der Waals surface area contributed by atoms with Gasteiger partial charge in [-0.2, -0.15) is 0 Å². The molecule has 3 rings (SSSR count). The molecule has 1 aromatic carbocycles. The highest BCUT2D eigenvalue weighted by Gasteiger charge is 2.20. The van der Waals surface area contributed by atoms with Crippen LogP contribution in [0.25, 0.3) is 10.2 Å². The van der Waals surface area contributed by atoms with E-state index in [1.54, 1.807) is 25.3 Å². The molecule has 3 aromatic rings. The molecule has 2 aromatic heterocycles. The van der Waals surface area contributed by atoms with E-state index in [0.717, 1.165) is 15.9 Å². The second-order valence-electron chi connectivity index (χ2n) is 5.05. The molecule has 2 heterocycles. The maximum Gasteiger partial charge on any atom is 0.205 e. The second-order valence-corrected chi connectivity index (χ2v) is 6.05. The summed E-state index contributed by atoms with van der Waals surface area (Å²) in [5.74, 6) is 0.932. The molecule has 0 aliphatic carbocycles. The molecular weight excluding hydrogens is 312 g/mol. The SMILES string of the molecule is COc1ccc(C(=O)c2sc3nc(C)ccc3c2N)cc1OC. The van der Waals surface area contributed by atoms with Crippen LogP contribution >= 0.6 is 11.3 Å². The summed E-state index contributed by atoms with van der Waals surface area (Å²) in [5.41, 5.74) is 8.01. The van der Waals surface area contributed by atoms with Crippen molar-refractivity contribution >= 4 is 33.0 Å². The number of nitrogens with zero attached hydrogens (tertiary/aromatic N) is 1. The Morgan fingerprint density at radius 3 is 2.57 bits per heavy atom. The molecule has 0 spiro atoms. The average Bonchev–Trinajstić information content (AvgIpc) is 2.89. The zero-order chi connectivity index (χ0) is 16.6. The Labute approximate surface area is 137 Å². The van der Waals surface area contributed by atoms with Crippen molar-refractivity contribution in [1.82, 2.24) is 4.98 Å². The summed E-state index contributed by atoms with van der Waals surface area (Å²) in [7, 11) is 3.09. The molecule has 0 saturated heterocycles. The number of ether oxygens (including phenoxy) is 2. The number of benzene rings is 1. The van der Waals surface area contributed by atoms with Crippen molar-refractivity contribution in [2.24, 2.45) is 0 Å². The molecule has 0 unspecified atom stereocenters. The van der Waals surface area contributed by atoms with Crippen LogP contribution < -0.4 is 15.2 Å². The summed E-state index contributed by atoms with van der Waals surface area (Å²) < 4.78 is 10.4. The smallest absolute Gasteiger partial charge is 0.205 e. The molecule has 0 atom stereocenters. The minimum atomic E-state index is -0.149. The van der Waals surface area contributed by atoms with Gasteiger partial charge in [0.2, 0.25) is 5.78 Å². The number of hydrogen-bond acceptors (Lipinski definition) is 6. The van der Waals surface area contributed by atoms with Crippen LogP contribution in [0.5, 0.6) is 11.5 Å². The first-order valence-electron chi connectivity index (χ1n) is 6.97. The number of rotatable bonds is 4. The fourth-order valence-corrected chi connectivity index (χ4v) is 3.47. The number of carbonyl (C=O) groups is 1. The van der Waals surface area contributed by atoms with Crippen molar-refractivity contribution in [3.63, 3.8) is 0 Å². The maximum atomic E-state index is 12.8. The van der Waals surface area contributed by atoms with E-state index >= 15 is 0 Å². The van der Waals surface area contributed by atoms with Gasteiger partial charge < -0.3 is 15.2 Å². The average molecular weight is 328 g/mol. The Bertz CT molecular complexity index is 902. The van der Waals surface area contributed by atoms with Crippen LogP contribution in [0.2, 0.25) is 0 Å². The number of aryl methyl sites for hydroxylation is 1. The predicted molar refractivity (Wildman–Crippen MR) is 91.7 cm³/mol. The van der Waals surface area contributed by atoms with Crippen LogP contribution in [-0.2, 0) is 0 Å². The summed E-state index contributed by atoms with van der Waals surface area (Å²) in [6, 6.07) is 8.85. The lowest BCUT2D eigenvalue weighted by atomic mass is 10.1. The lowest BCUT2D eigenvalue weighted by molar-refractivity contribution is 0.104. The monoisotopic (exact) mass is 328 g/mol. The number of nitrogens with two attached hydrogens (primary N) is 1. The molecule has 0 fully saturated rings. The van der Waals surface area contributed by atoms with Gasteiger partial charge >= 0.3 is 0 Å². The van der Waals surface area contributed by atoms with E-state index in [9.17, 15) is 4.79 Å². The molecule has 2 N–H and O–H groups in total. The first-order valence-corrected chi connectivity index (χ1v) is 7.79. The van der Waals surface area contributed by atoms with Crippen LogP contribution in [-0.4, -0.2) is 25.0 Å². The number of ketones is 1. The van der Waals surface area contributed by atoms with Gasteiger partial charge in [-0.25, -0.2) is 4.98 Å². The number of pyridine rings is 1. The van der Waals surface area contributed by atoms with E-state index in [2.05, 4.69) is 4.98 Å². The third kappa shape index (κ3) is 2.61. The van der Waals surface area contributed by atoms with Crippen molar-refractivity contribution in [2.45, 2.75) is 6.92 Å². The van der Waals surface area contributed by atoms with E-state index in [1.807, 2.05) is 19.1 Å². The summed E-state index contributed by atoms with van der Waals surface area (Å²) in [6.07, 6.45) is 0. The highest BCUT2D eigenvalue weighted by molar-refractivity contribution is 7.21. The number of hydrogen-bond donors (Lipinski definition) is 1. The molecule has 23 heavy (non-hydrogen) atoms. The van der Waals surface area contributed by atoms with E-state index in [4.69, 9.17) is 15.2 Å². The molecule has 0 amide bonds. The van der Waals surface area contributed by atoms with Gasteiger partial charge in [-0.05, 0) is 37.3 Å². The van der Waals surface area contributed by atoms with Gasteiger partial charge in [0.15, 0.2) is 11.5 Å². The highest BCUT2D eigenvalue weighted by atomic mass is 32.1. The van der Waals surface area contributed by atoms with Gasteiger partial charge in [-0.15, -0.1) is 11.3 Å². The maximum absolute atomic E-state index is 12.8. The molecule has 0 aliphatic heterocycles. The first kappa shape index (κ1) is 15.3. The first-order chi connectivity index (χ1) is 11.0. The topological polar surface area (TPSA) is 74.4 Å². The number of carbonyl (C=O) groups excluding carboxylic acids is 1. The van der Waals surface area contributed by atoms with Gasteiger partial charge in [-0.3, -0.25) is 4.79 Å². The number of nitrogen functional groups attached to an aromatic ring is 1. The largest absolute Gasteiger partial charge is 0.493 e. The molecule has 6 heteroatoms. The molecule has 0 saturated carbocycles. The molecule has 0 bridgehead atoms. The third-order valence-corrected chi connectivity index (χ3v) is 4.70. The van der Waals surface area contributed by atoms with Crippen molar-refractivity contribution in [3.8, 4) is 11.5 Å². The Morgan fingerprint density at radius 1 is 1.13 bits per heavy atom. The quantitative estimate of drug-likeness (QED) is 0.743. The fourth-order valence-electron chi connectivity index (χ4n) is 2.37. The van der Waals surface area contributed by atoms with Crippen molar-refractivity contribution < 1.29 is 14.3 Å². The standard InChI is InChI=1S/C17H16N2O3S/c1-9-4-6-11-14(18)16(23-17(11)19-9)15(20)10-5-7-12(21-2)13(8-10)22-3/h4-8H,18H2,1-3H3. The minimum Gasteiger partial charge on any atom is -0.493 e. The van der Waals surface area contributed by atoms with Crippen molar-refractivity contribution in [3.05, 3.63) is 46.5 Å². The predicted octanol–water partition coefficient (Wildman–Crippen LogP) is 3.44. The second kappa shape index (κ2) is 5.89. The lowest BCUT2D eigenvalue weighted by Crippen LogP contribution is -2.03. The van der Waals surface area contributed by atoms with Crippen LogP contribution in [0, 0.1) is 6.92 Å². The van der Waals surface area contributed by atoms with Gasteiger partial charge in [0.05, 0.1) is 19.9 Å². The number of thiophene rings is 1. The molecule has 118 valence electrons. The van der Waals surface area contributed by atoms with Crippen LogP contribution in [0.4, 0.5) is 5.69 Å². The van der Waals surface area contributed by atoms with E-state index in [0.29, 0.717) is 27.6 Å². The van der Waals surface area contributed by atoms with Gasteiger partial charge in [-0.1, -0.05) is 0 Å². The molecular formula is C17H16N2O3S.